The van der Waals surface area contributed by atoms with E-state index >= 15 is 0 Å². The first-order valence-electron chi connectivity index (χ1n) is 8.76. The van der Waals surface area contributed by atoms with Crippen LogP contribution in [0.1, 0.15) is 5.56 Å². The van der Waals surface area contributed by atoms with Crippen molar-refractivity contribution in [1.82, 2.24) is 14.5 Å². The summed E-state index contributed by atoms with van der Waals surface area (Å²) < 4.78 is 21.6. The highest BCUT2D eigenvalue weighted by atomic mass is 19.1. The fraction of sp³-hybridized carbons (Fsp3) is 0.0455. The highest BCUT2D eigenvalue weighted by molar-refractivity contribution is 5.83. The molecule has 0 aliphatic heterocycles. The summed E-state index contributed by atoms with van der Waals surface area (Å²) in [6.45, 7) is 0.0851. The molecule has 0 atom stereocenters. The molecule has 0 fully saturated rings. The molecule has 0 amide bonds. The monoisotopic (exact) mass is 371 g/mol. The zero-order valence-corrected chi connectivity index (χ0v) is 14.7. The summed E-state index contributed by atoms with van der Waals surface area (Å²) in [4.78, 5) is 20.6. The van der Waals surface area contributed by atoms with Gasteiger partial charge in [-0.15, -0.1) is 0 Å². The van der Waals surface area contributed by atoms with Crippen molar-refractivity contribution >= 4 is 22.1 Å². The highest BCUT2D eigenvalue weighted by Crippen LogP contribution is 2.27. The van der Waals surface area contributed by atoms with Crippen LogP contribution < -0.4 is 5.56 Å². The van der Waals surface area contributed by atoms with Crippen molar-refractivity contribution < 1.29 is 8.81 Å². The standard InChI is InChI=1S/C22H14FN3O2/c23-18-11-15(14-5-6-20-16(10-14)7-9-28-20)3-4-17(18)13-26-21(27)12-25-19-2-1-8-24-22(19)26/h1-12H,13H2. The summed E-state index contributed by atoms with van der Waals surface area (Å²) >= 11 is 0. The van der Waals surface area contributed by atoms with Gasteiger partial charge in [0.05, 0.1) is 19.0 Å². The molecular weight excluding hydrogens is 357 g/mol. The first kappa shape index (κ1) is 16.4. The predicted octanol–water partition coefficient (Wildman–Crippen LogP) is 4.39. The van der Waals surface area contributed by atoms with Gasteiger partial charge in [0, 0.05) is 17.1 Å². The average molecular weight is 371 g/mol. The number of pyridine rings is 1. The first-order chi connectivity index (χ1) is 13.7. The lowest BCUT2D eigenvalue weighted by molar-refractivity contribution is 0.599. The molecule has 5 nitrogen and oxygen atoms in total. The molecule has 0 saturated carbocycles. The Balaban J connectivity index is 1.54. The van der Waals surface area contributed by atoms with E-state index in [0.29, 0.717) is 16.7 Å². The minimum Gasteiger partial charge on any atom is -0.464 e. The molecule has 3 aromatic heterocycles. The Labute approximate surface area is 158 Å². The minimum absolute atomic E-state index is 0.0851. The summed E-state index contributed by atoms with van der Waals surface area (Å²) in [7, 11) is 0. The van der Waals surface area contributed by atoms with Crippen molar-refractivity contribution in [2.45, 2.75) is 6.54 Å². The molecule has 0 spiro atoms. The second kappa shape index (κ2) is 6.42. The predicted molar refractivity (Wildman–Crippen MR) is 105 cm³/mol. The van der Waals surface area contributed by atoms with Crippen LogP contribution >= 0.6 is 0 Å². The molecule has 0 aliphatic rings. The van der Waals surface area contributed by atoms with Gasteiger partial charge in [-0.25, -0.2) is 14.4 Å². The Morgan fingerprint density at radius 1 is 1.00 bits per heavy atom. The van der Waals surface area contributed by atoms with Crippen molar-refractivity contribution in [1.29, 1.82) is 0 Å². The van der Waals surface area contributed by atoms with Gasteiger partial charge >= 0.3 is 0 Å². The number of benzene rings is 2. The molecule has 6 heteroatoms. The van der Waals surface area contributed by atoms with Gasteiger partial charge in [0.25, 0.3) is 5.56 Å². The maximum atomic E-state index is 14.8. The molecule has 136 valence electrons. The van der Waals surface area contributed by atoms with Gasteiger partial charge < -0.3 is 4.42 Å². The topological polar surface area (TPSA) is 60.9 Å². The van der Waals surface area contributed by atoms with Crippen molar-refractivity contribution in [3.05, 3.63) is 95.0 Å². The Morgan fingerprint density at radius 2 is 1.86 bits per heavy atom. The molecule has 5 aromatic rings. The Kier molecular flexibility index (Phi) is 3.76. The molecule has 0 saturated heterocycles. The Bertz CT molecular complexity index is 1390. The van der Waals surface area contributed by atoms with Crippen LogP contribution in [0.2, 0.25) is 0 Å². The molecule has 2 aromatic carbocycles. The third-order valence-corrected chi connectivity index (χ3v) is 4.77. The lowest BCUT2D eigenvalue weighted by atomic mass is 10.0. The lowest BCUT2D eigenvalue weighted by Gasteiger charge is -2.10. The number of halogens is 1. The summed E-state index contributed by atoms with van der Waals surface area (Å²) in [5.74, 6) is -0.377. The minimum atomic E-state index is -0.377. The van der Waals surface area contributed by atoms with Gasteiger partial charge in [0.2, 0.25) is 0 Å². The van der Waals surface area contributed by atoms with Gasteiger partial charge in [-0.05, 0) is 47.5 Å². The van der Waals surface area contributed by atoms with Gasteiger partial charge in [0.1, 0.15) is 16.9 Å². The molecule has 0 radical (unpaired) electrons. The molecule has 0 N–H and O–H groups in total. The SMILES string of the molecule is O=c1cnc2cccnc2n1Cc1ccc(-c2ccc3occc3c2)cc1F. The van der Waals surface area contributed by atoms with Crippen LogP contribution in [-0.4, -0.2) is 14.5 Å². The van der Waals surface area contributed by atoms with Gasteiger partial charge in [-0.2, -0.15) is 0 Å². The van der Waals surface area contributed by atoms with E-state index in [-0.39, 0.29) is 17.9 Å². The summed E-state index contributed by atoms with van der Waals surface area (Å²) in [6.07, 6.45) is 4.45. The number of fused-ring (bicyclic) bond motifs is 2. The fourth-order valence-electron chi connectivity index (χ4n) is 3.32. The van der Waals surface area contributed by atoms with E-state index in [0.717, 1.165) is 22.1 Å². The fourth-order valence-corrected chi connectivity index (χ4v) is 3.32. The van der Waals surface area contributed by atoms with Crippen LogP contribution in [0.15, 0.2) is 82.5 Å². The van der Waals surface area contributed by atoms with Crippen LogP contribution in [0.4, 0.5) is 4.39 Å². The van der Waals surface area contributed by atoms with E-state index in [1.165, 1.54) is 16.8 Å². The molecule has 3 heterocycles. The third-order valence-electron chi connectivity index (χ3n) is 4.77. The van der Waals surface area contributed by atoms with Crippen LogP contribution in [0, 0.1) is 5.82 Å². The van der Waals surface area contributed by atoms with Crippen LogP contribution in [-0.2, 0) is 6.54 Å². The largest absolute Gasteiger partial charge is 0.464 e. The molecule has 0 unspecified atom stereocenters. The molecule has 0 bridgehead atoms. The van der Waals surface area contributed by atoms with E-state index in [2.05, 4.69) is 9.97 Å². The quantitative estimate of drug-likeness (QED) is 0.472. The number of rotatable bonds is 3. The number of nitrogens with zero attached hydrogens (tertiary/aromatic N) is 3. The van der Waals surface area contributed by atoms with E-state index < -0.39 is 0 Å². The summed E-state index contributed by atoms with van der Waals surface area (Å²) in [5, 5.41) is 0.961. The van der Waals surface area contributed by atoms with Crippen LogP contribution in [0.5, 0.6) is 0 Å². The number of furan rings is 1. The third kappa shape index (κ3) is 2.75. The van der Waals surface area contributed by atoms with E-state index in [9.17, 15) is 9.18 Å². The van der Waals surface area contributed by atoms with E-state index in [1.54, 1.807) is 30.7 Å². The normalized spacial score (nSPS) is 11.3. The van der Waals surface area contributed by atoms with Crippen LogP contribution in [0.3, 0.4) is 0 Å². The maximum Gasteiger partial charge on any atom is 0.270 e. The summed E-state index contributed by atoms with van der Waals surface area (Å²) in [5.41, 5.74) is 3.56. The number of aromatic nitrogens is 3. The molecule has 28 heavy (non-hydrogen) atoms. The molecule has 5 rings (SSSR count). The van der Waals surface area contributed by atoms with Gasteiger partial charge in [-0.3, -0.25) is 9.36 Å². The van der Waals surface area contributed by atoms with Gasteiger partial charge in [-0.1, -0.05) is 18.2 Å². The lowest BCUT2D eigenvalue weighted by Crippen LogP contribution is -2.22. The second-order valence-electron chi connectivity index (χ2n) is 6.51. The van der Waals surface area contributed by atoms with Crippen LogP contribution in [0.25, 0.3) is 33.3 Å². The maximum absolute atomic E-state index is 14.8. The van der Waals surface area contributed by atoms with E-state index in [4.69, 9.17) is 4.42 Å². The van der Waals surface area contributed by atoms with Crippen molar-refractivity contribution in [3.63, 3.8) is 0 Å². The average Bonchev–Trinajstić information content (AvgIpc) is 3.19. The number of hydrogen-bond donors (Lipinski definition) is 0. The van der Waals surface area contributed by atoms with Crippen molar-refractivity contribution in [2.75, 3.05) is 0 Å². The smallest absolute Gasteiger partial charge is 0.270 e. The van der Waals surface area contributed by atoms with Gasteiger partial charge in [0.15, 0.2) is 5.65 Å². The first-order valence-corrected chi connectivity index (χ1v) is 8.76. The van der Waals surface area contributed by atoms with E-state index in [1.807, 2.05) is 30.3 Å². The Morgan fingerprint density at radius 3 is 2.75 bits per heavy atom. The Hall–Kier alpha value is -3.80. The highest BCUT2D eigenvalue weighted by Gasteiger charge is 2.11. The van der Waals surface area contributed by atoms with Crippen molar-refractivity contribution in [2.24, 2.45) is 0 Å². The number of hydrogen-bond acceptors (Lipinski definition) is 4. The van der Waals surface area contributed by atoms with Crippen molar-refractivity contribution in [3.8, 4) is 11.1 Å². The molecule has 0 aliphatic carbocycles. The molecular formula is C22H14FN3O2. The second-order valence-corrected chi connectivity index (χ2v) is 6.51. The summed E-state index contributed by atoms with van der Waals surface area (Å²) in [6, 6.07) is 16.1. The zero-order chi connectivity index (χ0) is 19.1. The zero-order valence-electron chi connectivity index (χ0n) is 14.7.